The first kappa shape index (κ1) is 19.7. The molecule has 0 amide bonds. The van der Waals surface area contributed by atoms with Crippen molar-refractivity contribution in [3.05, 3.63) is 11.1 Å². The van der Waals surface area contributed by atoms with E-state index in [4.69, 9.17) is 0 Å². The van der Waals surface area contributed by atoms with E-state index in [2.05, 4.69) is 62.3 Å². The molecule has 0 saturated heterocycles. The Labute approximate surface area is 129 Å². The molecule has 0 saturated carbocycles. The Morgan fingerprint density at radius 2 is 1.40 bits per heavy atom. The summed E-state index contributed by atoms with van der Waals surface area (Å²) in [5, 5.41) is 0. The summed E-state index contributed by atoms with van der Waals surface area (Å²) in [6.07, 6.45) is 5.14. The highest BCUT2D eigenvalue weighted by Crippen LogP contribution is 2.39. The van der Waals surface area contributed by atoms with Gasteiger partial charge in [-0.3, -0.25) is 0 Å². The van der Waals surface area contributed by atoms with Gasteiger partial charge >= 0.3 is 0 Å². The molecule has 0 aliphatic heterocycles. The Hall–Kier alpha value is -0.260. The summed E-state index contributed by atoms with van der Waals surface area (Å²) in [5.74, 6) is 3.90. The molecule has 0 aromatic carbocycles. The van der Waals surface area contributed by atoms with E-state index < -0.39 is 0 Å². The van der Waals surface area contributed by atoms with Gasteiger partial charge < -0.3 is 0 Å². The zero-order valence-electron chi connectivity index (χ0n) is 15.7. The standard InChI is InChI=1S/C20H40/c1-10-13-19(18(9)17(8)14(4)5)20(15(6)11-2)16(7)12-3/h14-15,17-19H,10-13H2,1-9H3. The lowest BCUT2D eigenvalue weighted by Crippen LogP contribution is -2.27. The highest BCUT2D eigenvalue weighted by Gasteiger charge is 2.29. The van der Waals surface area contributed by atoms with Gasteiger partial charge in [-0.15, -0.1) is 0 Å². The molecular weight excluding hydrogens is 240 g/mol. The first-order valence-electron chi connectivity index (χ1n) is 9.01. The molecule has 0 aromatic heterocycles. The lowest BCUT2D eigenvalue weighted by Gasteiger charge is -2.36. The topological polar surface area (TPSA) is 0 Å². The van der Waals surface area contributed by atoms with Crippen LogP contribution >= 0.6 is 0 Å². The van der Waals surface area contributed by atoms with Crippen LogP contribution in [0.15, 0.2) is 11.1 Å². The van der Waals surface area contributed by atoms with Gasteiger partial charge in [0.2, 0.25) is 0 Å². The number of rotatable bonds is 9. The van der Waals surface area contributed by atoms with Crippen molar-refractivity contribution in [1.82, 2.24) is 0 Å². The maximum atomic E-state index is 2.50. The quantitative estimate of drug-likeness (QED) is 0.395. The van der Waals surface area contributed by atoms with Crippen LogP contribution in [-0.4, -0.2) is 0 Å². The molecule has 0 aliphatic carbocycles. The van der Waals surface area contributed by atoms with Gasteiger partial charge in [-0.2, -0.15) is 0 Å². The normalized spacial score (nSPS) is 19.5. The minimum Gasteiger partial charge on any atom is -0.0738 e. The molecule has 4 unspecified atom stereocenters. The molecule has 0 radical (unpaired) electrons. The van der Waals surface area contributed by atoms with Crippen molar-refractivity contribution in [2.45, 2.75) is 88.0 Å². The molecule has 4 atom stereocenters. The van der Waals surface area contributed by atoms with Crippen molar-refractivity contribution < 1.29 is 0 Å². The molecule has 0 fully saturated rings. The van der Waals surface area contributed by atoms with Crippen molar-refractivity contribution in [2.75, 3.05) is 0 Å². The van der Waals surface area contributed by atoms with E-state index in [-0.39, 0.29) is 0 Å². The largest absolute Gasteiger partial charge is 0.0738 e. The van der Waals surface area contributed by atoms with Gasteiger partial charge in [0.25, 0.3) is 0 Å². The van der Waals surface area contributed by atoms with Crippen molar-refractivity contribution in [2.24, 2.45) is 29.6 Å². The van der Waals surface area contributed by atoms with Crippen molar-refractivity contribution >= 4 is 0 Å². The fraction of sp³-hybridized carbons (Fsp3) is 0.900. The predicted octanol–water partition coefficient (Wildman–Crippen LogP) is 7.10. The number of allylic oxidation sites excluding steroid dienone is 2. The highest BCUT2D eigenvalue weighted by molar-refractivity contribution is 5.19. The van der Waals surface area contributed by atoms with Crippen molar-refractivity contribution in [3.8, 4) is 0 Å². The van der Waals surface area contributed by atoms with Crippen LogP contribution in [0, 0.1) is 29.6 Å². The van der Waals surface area contributed by atoms with Gasteiger partial charge in [0.15, 0.2) is 0 Å². The SMILES string of the molecule is CCCC(C(=C(C)CC)C(C)CC)C(C)C(C)C(C)C. The summed E-state index contributed by atoms with van der Waals surface area (Å²) in [5.41, 5.74) is 3.44. The maximum Gasteiger partial charge on any atom is -0.0170 e. The molecule has 0 aromatic rings. The van der Waals surface area contributed by atoms with E-state index in [9.17, 15) is 0 Å². The second kappa shape index (κ2) is 9.64. The minimum absolute atomic E-state index is 0.744. The lowest BCUT2D eigenvalue weighted by molar-refractivity contribution is 0.213. The maximum absolute atomic E-state index is 2.50. The third kappa shape index (κ3) is 5.26. The molecule has 0 spiro atoms. The third-order valence-corrected chi connectivity index (χ3v) is 5.68. The Morgan fingerprint density at radius 3 is 1.75 bits per heavy atom. The third-order valence-electron chi connectivity index (χ3n) is 5.68. The van der Waals surface area contributed by atoms with Gasteiger partial charge in [0, 0.05) is 0 Å². The Morgan fingerprint density at radius 1 is 0.850 bits per heavy atom. The zero-order valence-corrected chi connectivity index (χ0v) is 15.7. The minimum atomic E-state index is 0.744. The summed E-state index contributed by atoms with van der Waals surface area (Å²) in [4.78, 5) is 0. The summed E-state index contributed by atoms with van der Waals surface area (Å²) < 4.78 is 0. The summed E-state index contributed by atoms with van der Waals surface area (Å²) >= 11 is 0. The van der Waals surface area contributed by atoms with Crippen LogP contribution in [0.3, 0.4) is 0 Å². The zero-order chi connectivity index (χ0) is 15.9. The molecule has 0 N–H and O–H groups in total. The number of hydrogen-bond acceptors (Lipinski definition) is 0. The molecule has 0 bridgehead atoms. The summed E-state index contributed by atoms with van der Waals surface area (Å²) in [6.45, 7) is 21.5. The summed E-state index contributed by atoms with van der Waals surface area (Å²) in [6, 6.07) is 0. The van der Waals surface area contributed by atoms with Gasteiger partial charge in [-0.1, -0.05) is 73.0 Å². The van der Waals surface area contributed by atoms with E-state index in [0.717, 1.165) is 29.6 Å². The Bertz CT molecular complexity index is 284. The van der Waals surface area contributed by atoms with E-state index in [1.165, 1.54) is 25.7 Å². The van der Waals surface area contributed by atoms with Crippen LogP contribution < -0.4 is 0 Å². The Balaban J connectivity index is 5.49. The predicted molar refractivity (Wildman–Crippen MR) is 94.0 cm³/mol. The van der Waals surface area contributed by atoms with Crippen LogP contribution in [0.25, 0.3) is 0 Å². The molecule has 0 rings (SSSR count). The number of hydrogen-bond donors (Lipinski definition) is 0. The second-order valence-electron chi connectivity index (χ2n) is 7.26. The van der Waals surface area contributed by atoms with Gasteiger partial charge in [-0.25, -0.2) is 0 Å². The van der Waals surface area contributed by atoms with Crippen LogP contribution in [0.2, 0.25) is 0 Å². The van der Waals surface area contributed by atoms with Gasteiger partial charge in [-0.05, 0) is 55.8 Å². The van der Waals surface area contributed by atoms with Crippen molar-refractivity contribution in [3.63, 3.8) is 0 Å². The first-order valence-corrected chi connectivity index (χ1v) is 9.01. The smallest absolute Gasteiger partial charge is 0.0170 e. The van der Waals surface area contributed by atoms with Crippen LogP contribution in [0.5, 0.6) is 0 Å². The highest BCUT2D eigenvalue weighted by atomic mass is 14.3. The Kier molecular flexibility index (Phi) is 9.51. The van der Waals surface area contributed by atoms with E-state index in [1.54, 1.807) is 11.1 Å². The molecule has 20 heavy (non-hydrogen) atoms. The van der Waals surface area contributed by atoms with Crippen LogP contribution in [-0.2, 0) is 0 Å². The monoisotopic (exact) mass is 280 g/mol. The molecule has 0 nitrogen and oxygen atoms in total. The molecule has 0 heteroatoms. The fourth-order valence-electron chi connectivity index (χ4n) is 3.51. The van der Waals surface area contributed by atoms with Crippen LogP contribution in [0.1, 0.15) is 88.0 Å². The van der Waals surface area contributed by atoms with E-state index in [1.807, 2.05) is 0 Å². The van der Waals surface area contributed by atoms with E-state index in [0.29, 0.717) is 0 Å². The molecular formula is C20H40. The first-order chi connectivity index (χ1) is 9.31. The average molecular weight is 281 g/mol. The molecule has 0 heterocycles. The molecule has 0 aliphatic rings. The lowest BCUT2D eigenvalue weighted by atomic mass is 9.69. The van der Waals surface area contributed by atoms with Crippen LogP contribution in [0.4, 0.5) is 0 Å². The second-order valence-corrected chi connectivity index (χ2v) is 7.26. The van der Waals surface area contributed by atoms with Gasteiger partial charge in [0.05, 0.1) is 0 Å². The molecule has 120 valence electrons. The van der Waals surface area contributed by atoms with Gasteiger partial charge in [0.1, 0.15) is 0 Å². The fourth-order valence-corrected chi connectivity index (χ4v) is 3.51. The summed E-state index contributed by atoms with van der Waals surface area (Å²) in [7, 11) is 0. The average Bonchev–Trinajstić information content (AvgIpc) is 2.44. The van der Waals surface area contributed by atoms with Crippen molar-refractivity contribution in [1.29, 1.82) is 0 Å². The van der Waals surface area contributed by atoms with E-state index >= 15 is 0 Å².